The third-order valence-electron chi connectivity index (χ3n) is 8.60. The first-order valence-corrected chi connectivity index (χ1v) is 13.9. The number of ether oxygens (including phenoxy) is 4. The summed E-state index contributed by atoms with van der Waals surface area (Å²) < 4.78 is 22.5. The van der Waals surface area contributed by atoms with Gasteiger partial charge in [0, 0.05) is 12.0 Å². The van der Waals surface area contributed by atoms with Gasteiger partial charge < -0.3 is 24.3 Å². The second-order valence-electron chi connectivity index (χ2n) is 11.1. The Labute approximate surface area is 228 Å². The first-order chi connectivity index (χ1) is 19.0. The third kappa shape index (κ3) is 5.40. The highest BCUT2D eigenvalue weighted by molar-refractivity contribution is 5.85. The second-order valence-corrected chi connectivity index (χ2v) is 11.1. The number of benzene rings is 3. The van der Waals surface area contributed by atoms with E-state index in [9.17, 15) is 9.59 Å². The summed E-state index contributed by atoms with van der Waals surface area (Å²) >= 11 is 0. The first kappa shape index (κ1) is 25.5. The Hall–Kier alpha value is -3.74. The van der Waals surface area contributed by atoms with Crippen LogP contribution in [0, 0.1) is 18.8 Å². The molecule has 4 atom stereocenters. The fourth-order valence-corrected chi connectivity index (χ4v) is 6.61. The van der Waals surface area contributed by atoms with Crippen LogP contribution in [-0.2, 0) is 14.3 Å². The van der Waals surface area contributed by atoms with Gasteiger partial charge in [0.2, 0.25) is 0 Å². The molecule has 0 radical (unpaired) electrons. The highest BCUT2D eigenvalue weighted by Gasteiger charge is 2.40. The molecule has 2 aliphatic carbocycles. The Kier molecular flexibility index (Phi) is 7.07. The molecule has 1 aliphatic heterocycles. The number of hydrogen-bond acceptors (Lipinski definition) is 6. The van der Waals surface area contributed by atoms with Crippen molar-refractivity contribution < 1.29 is 28.5 Å². The van der Waals surface area contributed by atoms with Gasteiger partial charge in [-0.05, 0) is 89.8 Å². The minimum atomic E-state index is -0.284. The molecule has 7 heteroatoms. The fourth-order valence-electron chi connectivity index (χ4n) is 6.61. The lowest BCUT2D eigenvalue weighted by atomic mass is 9.85. The Balaban J connectivity index is 1.22. The molecule has 0 saturated heterocycles. The smallest absolute Gasteiger partial charge is 0.306 e. The van der Waals surface area contributed by atoms with Crippen LogP contribution in [0.2, 0.25) is 0 Å². The molecular formula is C32H35NO6. The lowest BCUT2D eigenvalue weighted by molar-refractivity contribution is -0.140. The number of methoxy groups -OCH3 is 1. The number of rotatable bonds is 8. The van der Waals surface area contributed by atoms with Crippen molar-refractivity contribution in [2.75, 3.05) is 26.9 Å². The van der Waals surface area contributed by atoms with E-state index < -0.39 is 0 Å². The molecule has 0 aromatic heterocycles. The number of hydrogen-bond donors (Lipinski definition) is 1. The molecule has 0 spiro atoms. The van der Waals surface area contributed by atoms with E-state index in [2.05, 4.69) is 17.4 Å². The molecule has 3 aromatic rings. The van der Waals surface area contributed by atoms with Crippen molar-refractivity contribution in [2.24, 2.45) is 11.8 Å². The van der Waals surface area contributed by atoms with E-state index in [-0.39, 0.29) is 30.8 Å². The summed E-state index contributed by atoms with van der Waals surface area (Å²) in [6.07, 6.45) is 5.09. The second kappa shape index (κ2) is 10.8. The van der Waals surface area contributed by atoms with E-state index in [0.29, 0.717) is 36.7 Å². The summed E-state index contributed by atoms with van der Waals surface area (Å²) in [7, 11) is 1.41. The normalized spacial score (nSPS) is 21.9. The van der Waals surface area contributed by atoms with Crippen molar-refractivity contribution in [3.05, 3.63) is 65.2 Å². The van der Waals surface area contributed by atoms with E-state index >= 15 is 0 Å². The van der Waals surface area contributed by atoms with Gasteiger partial charge in [0.1, 0.15) is 19.0 Å². The van der Waals surface area contributed by atoms with Crippen LogP contribution in [0.1, 0.15) is 54.7 Å². The lowest BCUT2D eigenvalue weighted by Gasteiger charge is -2.24. The van der Waals surface area contributed by atoms with Crippen molar-refractivity contribution in [3.63, 3.8) is 0 Å². The summed E-state index contributed by atoms with van der Waals surface area (Å²) in [5.41, 5.74) is 3.00. The summed E-state index contributed by atoms with van der Waals surface area (Å²) in [6, 6.07) is 16.3. The number of carbonyl (C=O) groups is 2. The Morgan fingerprint density at radius 3 is 2.51 bits per heavy atom. The predicted octanol–water partition coefficient (Wildman–Crippen LogP) is 5.30. The van der Waals surface area contributed by atoms with Gasteiger partial charge in [-0.3, -0.25) is 9.59 Å². The number of aryl methyl sites for hydroxylation is 1. The molecule has 1 unspecified atom stereocenters. The lowest BCUT2D eigenvalue weighted by Crippen LogP contribution is -2.40. The fraction of sp³-hybridized carbons (Fsp3) is 0.438. The maximum atomic E-state index is 12.6. The van der Waals surface area contributed by atoms with Crippen molar-refractivity contribution >= 4 is 22.6 Å². The SMILES string of the molecule is COC(=O)CC(c1ccc2ccc(OCC(=O)N[C@H]3C[C@@H]4CC[C@H]3C4)cc2c1)c1cc2c(cc1C)OCCO2. The van der Waals surface area contributed by atoms with E-state index in [1.165, 1.54) is 26.4 Å². The van der Waals surface area contributed by atoms with Crippen molar-refractivity contribution in [1.82, 2.24) is 5.32 Å². The maximum Gasteiger partial charge on any atom is 0.306 e. The van der Waals surface area contributed by atoms with E-state index in [1.54, 1.807) is 0 Å². The zero-order valence-corrected chi connectivity index (χ0v) is 22.5. The van der Waals surface area contributed by atoms with E-state index in [1.807, 2.05) is 43.3 Å². The zero-order valence-electron chi connectivity index (χ0n) is 22.5. The molecule has 6 rings (SSSR count). The topological polar surface area (TPSA) is 83.1 Å². The minimum absolute atomic E-state index is 0.000437. The van der Waals surface area contributed by atoms with Crippen LogP contribution >= 0.6 is 0 Å². The Morgan fingerprint density at radius 2 is 1.77 bits per heavy atom. The first-order valence-electron chi connectivity index (χ1n) is 13.9. The Morgan fingerprint density at radius 1 is 0.974 bits per heavy atom. The summed E-state index contributed by atoms with van der Waals surface area (Å²) in [5, 5.41) is 5.21. The number of esters is 1. The monoisotopic (exact) mass is 529 g/mol. The van der Waals surface area contributed by atoms with Crippen LogP contribution in [-0.4, -0.2) is 44.8 Å². The summed E-state index contributed by atoms with van der Waals surface area (Å²) in [5.74, 6) is 2.90. The summed E-state index contributed by atoms with van der Waals surface area (Å²) in [6.45, 7) is 3.04. The number of amides is 1. The molecule has 1 heterocycles. The quantitative estimate of drug-likeness (QED) is 0.399. The van der Waals surface area contributed by atoms with Crippen LogP contribution < -0.4 is 19.5 Å². The highest BCUT2D eigenvalue weighted by Crippen LogP contribution is 2.44. The van der Waals surface area contributed by atoms with Gasteiger partial charge in [-0.25, -0.2) is 0 Å². The average Bonchev–Trinajstić information content (AvgIpc) is 3.57. The van der Waals surface area contributed by atoms with E-state index in [4.69, 9.17) is 18.9 Å². The molecule has 1 N–H and O–H groups in total. The van der Waals surface area contributed by atoms with Gasteiger partial charge in [0.15, 0.2) is 18.1 Å². The maximum absolute atomic E-state index is 12.6. The molecule has 3 aromatic carbocycles. The van der Waals surface area contributed by atoms with Crippen molar-refractivity contribution in [2.45, 2.75) is 51.0 Å². The van der Waals surface area contributed by atoms with Gasteiger partial charge in [-0.1, -0.05) is 30.7 Å². The molecule has 7 nitrogen and oxygen atoms in total. The zero-order chi connectivity index (χ0) is 26.9. The number of nitrogens with one attached hydrogen (secondary N) is 1. The highest BCUT2D eigenvalue weighted by atomic mass is 16.6. The van der Waals surface area contributed by atoms with Gasteiger partial charge in [0.05, 0.1) is 13.5 Å². The van der Waals surface area contributed by atoms with Gasteiger partial charge in [0.25, 0.3) is 5.91 Å². The van der Waals surface area contributed by atoms with Crippen molar-refractivity contribution in [1.29, 1.82) is 0 Å². The molecule has 3 aliphatic rings. The summed E-state index contributed by atoms with van der Waals surface area (Å²) in [4.78, 5) is 25.0. The molecule has 2 bridgehead atoms. The van der Waals surface area contributed by atoms with Gasteiger partial charge >= 0.3 is 5.97 Å². The minimum Gasteiger partial charge on any atom is -0.486 e. The molecule has 1 amide bonds. The molecule has 204 valence electrons. The van der Waals surface area contributed by atoms with Crippen LogP contribution in [0.15, 0.2) is 48.5 Å². The van der Waals surface area contributed by atoms with Crippen LogP contribution in [0.3, 0.4) is 0 Å². The standard InChI is InChI=1S/C32H35NO6/c1-19-11-29-30(38-10-9-37-29)16-26(19)27(17-32(35)36-2)22-6-5-21-7-8-25(15-24(21)14-22)39-18-31(34)33-28-13-20-3-4-23(28)12-20/h5-8,11,14-16,20,23,27-28H,3-4,9-10,12-13,17-18H2,1-2H3,(H,33,34)/t20-,23+,27?,28+/m1/s1. The predicted molar refractivity (Wildman–Crippen MR) is 147 cm³/mol. The molecule has 39 heavy (non-hydrogen) atoms. The Bertz CT molecular complexity index is 1400. The number of carbonyl (C=O) groups excluding carboxylic acids is 2. The molecular weight excluding hydrogens is 494 g/mol. The average molecular weight is 530 g/mol. The van der Waals surface area contributed by atoms with Gasteiger partial charge in [-0.15, -0.1) is 0 Å². The van der Waals surface area contributed by atoms with E-state index in [0.717, 1.165) is 45.6 Å². The van der Waals surface area contributed by atoms with Crippen molar-refractivity contribution in [3.8, 4) is 17.2 Å². The third-order valence-corrected chi connectivity index (χ3v) is 8.60. The van der Waals surface area contributed by atoms with Gasteiger partial charge in [-0.2, -0.15) is 0 Å². The largest absolute Gasteiger partial charge is 0.486 e. The molecule has 2 saturated carbocycles. The van der Waals surface area contributed by atoms with Crippen LogP contribution in [0.5, 0.6) is 17.2 Å². The van der Waals surface area contributed by atoms with Crippen LogP contribution in [0.4, 0.5) is 0 Å². The van der Waals surface area contributed by atoms with Crippen LogP contribution in [0.25, 0.3) is 10.8 Å². The molecule has 2 fully saturated rings. The number of fused-ring (bicyclic) bond motifs is 4.